The van der Waals surface area contributed by atoms with Gasteiger partial charge < -0.3 is 19.5 Å². The fourth-order valence-corrected chi connectivity index (χ4v) is 2.37. The van der Waals surface area contributed by atoms with E-state index in [0.717, 1.165) is 0 Å². The van der Waals surface area contributed by atoms with Crippen molar-refractivity contribution in [3.05, 3.63) is 59.3 Å². The number of nitrogens with two attached hydrogens (primary N) is 1. The van der Waals surface area contributed by atoms with E-state index in [2.05, 4.69) is 5.32 Å². The summed E-state index contributed by atoms with van der Waals surface area (Å²) in [5.41, 5.74) is 2.91. The van der Waals surface area contributed by atoms with E-state index >= 15 is 0 Å². The lowest BCUT2D eigenvalue weighted by Gasteiger charge is -2.14. The second-order valence-corrected chi connectivity index (χ2v) is 5.31. The first-order valence-electron chi connectivity index (χ1n) is 7.93. The third-order valence-corrected chi connectivity index (χ3v) is 3.66. The van der Waals surface area contributed by atoms with Crippen LogP contribution in [0.5, 0.6) is 17.2 Å². The van der Waals surface area contributed by atoms with Gasteiger partial charge in [0, 0.05) is 5.56 Å². The Morgan fingerprint density at radius 1 is 0.963 bits per heavy atom. The first-order valence-corrected chi connectivity index (χ1v) is 7.93. The Morgan fingerprint density at radius 3 is 2.04 bits per heavy atom. The van der Waals surface area contributed by atoms with Gasteiger partial charge in [0.25, 0.3) is 11.8 Å². The first-order chi connectivity index (χ1) is 13.0. The standard InChI is InChI=1S/C19H21N3O5/c1-25-15-10-12(11-16(26-2)17(15)27-3)9-14(19(24)22-20)21-18(23)13-7-5-4-6-8-13/h4-11H,20H2,1-3H3,(H,21,23)(H,22,24)/b14-9-. The van der Waals surface area contributed by atoms with Crippen LogP contribution < -0.4 is 30.8 Å². The molecule has 0 atom stereocenters. The molecular weight excluding hydrogens is 350 g/mol. The van der Waals surface area contributed by atoms with Gasteiger partial charge in [-0.15, -0.1) is 0 Å². The highest BCUT2D eigenvalue weighted by atomic mass is 16.5. The molecule has 0 spiro atoms. The number of carbonyl (C=O) groups excluding carboxylic acids is 2. The van der Waals surface area contributed by atoms with Crippen molar-refractivity contribution in [3.8, 4) is 17.2 Å². The normalized spacial score (nSPS) is 10.7. The van der Waals surface area contributed by atoms with Gasteiger partial charge in [0.15, 0.2) is 11.5 Å². The lowest BCUT2D eigenvalue weighted by Crippen LogP contribution is -2.38. The van der Waals surface area contributed by atoms with E-state index < -0.39 is 11.8 Å². The fraction of sp³-hybridized carbons (Fsp3) is 0.158. The lowest BCUT2D eigenvalue weighted by atomic mass is 10.1. The van der Waals surface area contributed by atoms with Crippen molar-refractivity contribution >= 4 is 17.9 Å². The largest absolute Gasteiger partial charge is 0.493 e. The van der Waals surface area contributed by atoms with Crippen molar-refractivity contribution in [1.29, 1.82) is 0 Å². The SMILES string of the molecule is COc1cc(/C=C(\NC(=O)c2ccccc2)C(=O)NN)cc(OC)c1OC. The minimum atomic E-state index is -0.659. The maximum absolute atomic E-state index is 12.4. The molecule has 0 saturated carbocycles. The van der Waals surface area contributed by atoms with Gasteiger partial charge in [-0.1, -0.05) is 18.2 Å². The van der Waals surface area contributed by atoms with Gasteiger partial charge in [0.05, 0.1) is 21.3 Å². The predicted molar refractivity (Wildman–Crippen MR) is 100 cm³/mol. The van der Waals surface area contributed by atoms with Crippen LogP contribution in [-0.2, 0) is 4.79 Å². The molecular formula is C19H21N3O5. The predicted octanol–water partition coefficient (Wildman–Crippen LogP) is 1.47. The molecule has 0 unspecified atom stereocenters. The molecule has 0 aromatic heterocycles. The number of benzene rings is 2. The summed E-state index contributed by atoms with van der Waals surface area (Å²) >= 11 is 0. The molecule has 0 radical (unpaired) electrons. The van der Waals surface area contributed by atoms with Crippen molar-refractivity contribution in [3.63, 3.8) is 0 Å². The van der Waals surface area contributed by atoms with Crippen LogP contribution in [0, 0.1) is 0 Å². The number of hydrogen-bond acceptors (Lipinski definition) is 6. The molecule has 8 heteroatoms. The Balaban J connectivity index is 2.43. The Kier molecular flexibility index (Phi) is 6.79. The van der Waals surface area contributed by atoms with Crippen LogP contribution in [0.2, 0.25) is 0 Å². The molecule has 0 bridgehead atoms. The van der Waals surface area contributed by atoms with E-state index in [1.165, 1.54) is 27.4 Å². The number of ether oxygens (including phenoxy) is 3. The molecule has 0 heterocycles. The number of amides is 2. The molecule has 27 heavy (non-hydrogen) atoms. The van der Waals surface area contributed by atoms with Crippen LogP contribution in [0.15, 0.2) is 48.2 Å². The van der Waals surface area contributed by atoms with Crippen LogP contribution >= 0.6 is 0 Å². The van der Waals surface area contributed by atoms with Crippen molar-refractivity contribution in [2.45, 2.75) is 0 Å². The maximum atomic E-state index is 12.4. The third kappa shape index (κ3) is 4.77. The highest BCUT2D eigenvalue weighted by Crippen LogP contribution is 2.38. The first kappa shape index (κ1) is 19.8. The van der Waals surface area contributed by atoms with E-state index in [1.807, 2.05) is 5.43 Å². The second-order valence-electron chi connectivity index (χ2n) is 5.31. The van der Waals surface area contributed by atoms with E-state index in [-0.39, 0.29) is 5.70 Å². The van der Waals surface area contributed by atoms with Crippen molar-refractivity contribution in [1.82, 2.24) is 10.7 Å². The number of methoxy groups -OCH3 is 3. The highest BCUT2D eigenvalue weighted by Gasteiger charge is 2.16. The monoisotopic (exact) mass is 371 g/mol. The van der Waals surface area contributed by atoms with Crippen molar-refractivity contribution in [2.75, 3.05) is 21.3 Å². The molecule has 0 aliphatic rings. The minimum Gasteiger partial charge on any atom is -0.493 e. The van der Waals surface area contributed by atoms with Crippen LogP contribution in [0.4, 0.5) is 0 Å². The Hall–Kier alpha value is -3.52. The molecule has 0 aliphatic carbocycles. The summed E-state index contributed by atoms with van der Waals surface area (Å²) in [6.07, 6.45) is 1.45. The summed E-state index contributed by atoms with van der Waals surface area (Å²) in [6, 6.07) is 11.8. The number of hydrazine groups is 1. The van der Waals surface area contributed by atoms with Gasteiger partial charge in [0.1, 0.15) is 5.70 Å². The zero-order chi connectivity index (χ0) is 19.8. The third-order valence-electron chi connectivity index (χ3n) is 3.66. The van der Waals surface area contributed by atoms with Crippen LogP contribution in [0.25, 0.3) is 6.08 Å². The van der Waals surface area contributed by atoms with Gasteiger partial charge in [-0.05, 0) is 35.9 Å². The zero-order valence-corrected chi connectivity index (χ0v) is 15.2. The second kappa shape index (κ2) is 9.25. The summed E-state index contributed by atoms with van der Waals surface area (Å²) in [4.78, 5) is 24.5. The Morgan fingerprint density at radius 2 is 1.56 bits per heavy atom. The molecule has 2 rings (SSSR count). The summed E-state index contributed by atoms with van der Waals surface area (Å²) in [5.74, 6) is 5.36. The Bertz CT molecular complexity index is 825. The van der Waals surface area contributed by atoms with Gasteiger partial charge in [-0.3, -0.25) is 15.0 Å². The van der Waals surface area contributed by atoms with Gasteiger partial charge in [0.2, 0.25) is 5.75 Å². The van der Waals surface area contributed by atoms with E-state index in [0.29, 0.717) is 28.4 Å². The Labute approximate surface area is 156 Å². The fourth-order valence-electron chi connectivity index (χ4n) is 2.37. The smallest absolute Gasteiger partial charge is 0.281 e. The molecule has 0 saturated heterocycles. The van der Waals surface area contributed by atoms with Crippen LogP contribution in [0.1, 0.15) is 15.9 Å². The average molecular weight is 371 g/mol. The highest BCUT2D eigenvalue weighted by molar-refractivity contribution is 6.05. The topological polar surface area (TPSA) is 112 Å². The summed E-state index contributed by atoms with van der Waals surface area (Å²) in [7, 11) is 4.45. The molecule has 8 nitrogen and oxygen atoms in total. The molecule has 4 N–H and O–H groups in total. The maximum Gasteiger partial charge on any atom is 0.281 e. The molecule has 2 amide bonds. The molecule has 0 fully saturated rings. The number of nitrogens with one attached hydrogen (secondary N) is 2. The van der Waals surface area contributed by atoms with E-state index in [9.17, 15) is 9.59 Å². The van der Waals surface area contributed by atoms with Crippen LogP contribution in [-0.4, -0.2) is 33.1 Å². The average Bonchev–Trinajstić information content (AvgIpc) is 2.72. The molecule has 2 aromatic carbocycles. The number of carbonyl (C=O) groups is 2. The van der Waals surface area contributed by atoms with Crippen molar-refractivity contribution < 1.29 is 23.8 Å². The van der Waals surface area contributed by atoms with Crippen molar-refractivity contribution in [2.24, 2.45) is 5.84 Å². The number of rotatable bonds is 7. The zero-order valence-electron chi connectivity index (χ0n) is 15.2. The molecule has 2 aromatic rings. The molecule has 0 aliphatic heterocycles. The summed E-state index contributed by atoms with van der Waals surface area (Å²) in [5, 5.41) is 2.55. The van der Waals surface area contributed by atoms with Gasteiger partial charge in [-0.2, -0.15) is 0 Å². The summed E-state index contributed by atoms with van der Waals surface area (Å²) in [6.45, 7) is 0. The van der Waals surface area contributed by atoms with E-state index in [1.54, 1.807) is 42.5 Å². The van der Waals surface area contributed by atoms with Gasteiger partial charge in [-0.25, -0.2) is 5.84 Å². The van der Waals surface area contributed by atoms with Gasteiger partial charge >= 0.3 is 0 Å². The van der Waals surface area contributed by atoms with E-state index in [4.69, 9.17) is 20.1 Å². The molecule has 142 valence electrons. The van der Waals surface area contributed by atoms with Crippen LogP contribution in [0.3, 0.4) is 0 Å². The number of hydrogen-bond donors (Lipinski definition) is 3. The quantitative estimate of drug-likeness (QED) is 0.294. The lowest BCUT2D eigenvalue weighted by molar-refractivity contribution is -0.117. The minimum absolute atomic E-state index is 0.0411. The summed E-state index contributed by atoms with van der Waals surface area (Å²) < 4.78 is 15.9.